The first kappa shape index (κ1) is 13.4. The first-order valence-corrected chi connectivity index (χ1v) is 6.61. The van der Waals surface area contributed by atoms with Gasteiger partial charge in [0.2, 0.25) is 0 Å². The van der Waals surface area contributed by atoms with Gasteiger partial charge in [0, 0.05) is 0 Å². The zero-order chi connectivity index (χ0) is 14.0. The molecular formula is C12H8F3NO2S. The maximum absolute atomic E-state index is 13.4. The van der Waals surface area contributed by atoms with Crippen LogP contribution in [0.3, 0.4) is 0 Å². The molecule has 0 spiro atoms. The molecule has 0 unspecified atom stereocenters. The predicted molar refractivity (Wildman–Crippen MR) is 63.6 cm³/mol. The molecule has 0 bridgehead atoms. The molecule has 7 heteroatoms. The standard InChI is InChI=1S/C12H8F3NO2S/c13-8-4-1-2-7-11(8)16-19(17,18)12-9(14)5-3-6-10(12)15/h1-7,16H. The van der Waals surface area contributed by atoms with Gasteiger partial charge in [0.25, 0.3) is 10.0 Å². The number of anilines is 1. The van der Waals surface area contributed by atoms with Crippen LogP contribution in [-0.4, -0.2) is 8.42 Å². The second kappa shape index (κ2) is 4.93. The summed E-state index contributed by atoms with van der Waals surface area (Å²) in [4.78, 5) is -1.14. The highest BCUT2D eigenvalue weighted by atomic mass is 32.2. The molecule has 0 aliphatic carbocycles. The number of rotatable bonds is 3. The summed E-state index contributed by atoms with van der Waals surface area (Å²) in [5, 5.41) is 0. The summed E-state index contributed by atoms with van der Waals surface area (Å²) in [5.74, 6) is -3.34. The molecule has 0 fully saturated rings. The van der Waals surface area contributed by atoms with Crippen LogP contribution in [0.15, 0.2) is 47.4 Å². The molecule has 1 N–H and O–H groups in total. The fourth-order valence-corrected chi connectivity index (χ4v) is 2.69. The van der Waals surface area contributed by atoms with Crippen LogP contribution in [-0.2, 0) is 10.0 Å². The summed E-state index contributed by atoms with van der Waals surface area (Å²) >= 11 is 0. The van der Waals surface area contributed by atoms with Crippen molar-refractivity contribution in [3.63, 3.8) is 0 Å². The first-order chi connectivity index (χ1) is 8.92. The summed E-state index contributed by atoms with van der Waals surface area (Å²) in [6.07, 6.45) is 0. The summed E-state index contributed by atoms with van der Waals surface area (Å²) in [6, 6.07) is 7.56. The molecule has 0 radical (unpaired) electrons. The maximum Gasteiger partial charge on any atom is 0.267 e. The molecule has 0 amide bonds. The molecule has 3 nitrogen and oxygen atoms in total. The molecule has 0 atom stereocenters. The lowest BCUT2D eigenvalue weighted by Gasteiger charge is -2.10. The zero-order valence-electron chi connectivity index (χ0n) is 9.40. The van der Waals surface area contributed by atoms with Gasteiger partial charge in [0.05, 0.1) is 5.69 Å². The van der Waals surface area contributed by atoms with Gasteiger partial charge in [0.15, 0.2) is 4.90 Å². The van der Waals surface area contributed by atoms with E-state index in [0.717, 1.165) is 30.3 Å². The van der Waals surface area contributed by atoms with E-state index in [0.29, 0.717) is 0 Å². The van der Waals surface area contributed by atoms with Crippen molar-refractivity contribution in [1.82, 2.24) is 0 Å². The number of nitrogens with one attached hydrogen (secondary N) is 1. The number of hydrogen-bond acceptors (Lipinski definition) is 2. The van der Waals surface area contributed by atoms with E-state index < -0.39 is 32.4 Å². The zero-order valence-corrected chi connectivity index (χ0v) is 10.2. The molecule has 2 aromatic rings. The average Bonchev–Trinajstić information content (AvgIpc) is 2.31. The van der Waals surface area contributed by atoms with E-state index in [2.05, 4.69) is 0 Å². The Labute approximate surface area is 107 Å². The van der Waals surface area contributed by atoms with Crippen LogP contribution in [0.1, 0.15) is 0 Å². The molecule has 100 valence electrons. The number of hydrogen-bond donors (Lipinski definition) is 1. The number of halogens is 3. The Hall–Kier alpha value is -2.02. The van der Waals surface area contributed by atoms with Crippen LogP contribution < -0.4 is 4.72 Å². The molecule has 2 rings (SSSR count). The van der Waals surface area contributed by atoms with Crippen molar-refractivity contribution in [2.45, 2.75) is 4.90 Å². The molecule has 0 aliphatic heterocycles. The van der Waals surface area contributed by atoms with Crippen molar-refractivity contribution in [2.75, 3.05) is 4.72 Å². The summed E-state index contributed by atoms with van der Waals surface area (Å²) < 4.78 is 65.6. The van der Waals surface area contributed by atoms with E-state index in [4.69, 9.17) is 0 Å². The van der Waals surface area contributed by atoms with E-state index in [-0.39, 0.29) is 5.69 Å². The minimum absolute atomic E-state index is 0.384. The van der Waals surface area contributed by atoms with Gasteiger partial charge in [-0.2, -0.15) is 0 Å². The van der Waals surface area contributed by atoms with Gasteiger partial charge in [-0.15, -0.1) is 0 Å². The van der Waals surface area contributed by atoms with E-state index >= 15 is 0 Å². The monoisotopic (exact) mass is 287 g/mol. The lowest BCUT2D eigenvalue weighted by Crippen LogP contribution is -2.17. The Bertz CT molecular complexity index is 696. The average molecular weight is 287 g/mol. The highest BCUT2D eigenvalue weighted by Gasteiger charge is 2.24. The largest absolute Gasteiger partial charge is 0.276 e. The van der Waals surface area contributed by atoms with Crippen molar-refractivity contribution in [3.8, 4) is 0 Å². The van der Waals surface area contributed by atoms with Gasteiger partial charge in [0.1, 0.15) is 17.5 Å². The Morgan fingerprint density at radius 2 is 1.32 bits per heavy atom. The highest BCUT2D eigenvalue weighted by molar-refractivity contribution is 7.92. The molecular weight excluding hydrogens is 279 g/mol. The van der Waals surface area contributed by atoms with Crippen molar-refractivity contribution in [1.29, 1.82) is 0 Å². The van der Waals surface area contributed by atoms with Crippen LogP contribution in [0.2, 0.25) is 0 Å². The molecule has 0 saturated heterocycles. The van der Waals surface area contributed by atoms with E-state index in [1.807, 2.05) is 0 Å². The molecule has 0 aliphatic rings. The second-order valence-electron chi connectivity index (χ2n) is 3.64. The van der Waals surface area contributed by atoms with Crippen LogP contribution in [0.4, 0.5) is 18.9 Å². The second-order valence-corrected chi connectivity index (χ2v) is 5.26. The van der Waals surface area contributed by atoms with Gasteiger partial charge in [-0.05, 0) is 24.3 Å². The van der Waals surface area contributed by atoms with E-state index in [9.17, 15) is 21.6 Å². The van der Waals surface area contributed by atoms with Gasteiger partial charge < -0.3 is 0 Å². The molecule has 0 saturated carbocycles. The lowest BCUT2D eigenvalue weighted by atomic mass is 10.3. The smallest absolute Gasteiger partial charge is 0.267 e. The minimum Gasteiger partial charge on any atom is -0.276 e. The van der Waals surface area contributed by atoms with E-state index in [1.165, 1.54) is 12.1 Å². The third-order valence-electron chi connectivity index (χ3n) is 2.31. The minimum atomic E-state index is -4.54. The van der Waals surface area contributed by atoms with Crippen molar-refractivity contribution in [3.05, 3.63) is 59.9 Å². The molecule has 19 heavy (non-hydrogen) atoms. The normalized spacial score (nSPS) is 11.3. The fourth-order valence-electron chi connectivity index (χ4n) is 1.48. The van der Waals surface area contributed by atoms with Crippen molar-refractivity contribution < 1.29 is 21.6 Å². The van der Waals surface area contributed by atoms with Gasteiger partial charge in [-0.3, -0.25) is 4.72 Å². The molecule has 0 aromatic heterocycles. The third-order valence-corrected chi connectivity index (χ3v) is 3.72. The fraction of sp³-hybridized carbons (Fsp3) is 0. The Balaban J connectivity index is 2.47. The predicted octanol–water partition coefficient (Wildman–Crippen LogP) is 2.90. The van der Waals surface area contributed by atoms with Gasteiger partial charge in [-0.25, -0.2) is 21.6 Å². The SMILES string of the molecule is O=S(=O)(Nc1ccccc1F)c1c(F)cccc1F. The van der Waals surface area contributed by atoms with Crippen molar-refractivity contribution >= 4 is 15.7 Å². The van der Waals surface area contributed by atoms with Crippen LogP contribution in [0, 0.1) is 17.5 Å². The Kier molecular flexibility index (Phi) is 3.48. The third kappa shape index (κ3) is 2.70. The summed E-state index contributed by atoms with van der Waals surface area (Å²) in [5.41, 5.74) is -0.384. The number of sulfonamides is 1. The van der Waals surface area contributed by atoms with Crippen molar-refractivity contribution in [2.24, 2.45) is 0 Å². The quantitative estimate of drug-likeness (QED) is 0.943. The van der Waals surface area contributed by atoms with E-state index in [1.54, 1.807) is 4.72 Å². The summed E-state index contributed by atoms with van der Waals surface area (Å²) in [7, 11) is -4.54. The lowest BCUT2D eigenvalue weighted by molar-refractivity contribution is 0.521. The van der Waals surface area contributed by atoms with Crippen LogP contribution >= 0.6 is 0 Å². The van der Waals surface area contributed by atoms with Gasteiger partial charge >= 0.3 is 0 Å². The van der Waals surface area contributed by atoms with Crippen LogP contribution in [0.5, 0.6) is 0 Å². The Morgan fingerprint density at radius 1 is 0.789 bits per heavy atom. The van der Waals surface area contributed by atoms with Crippen LogP contribution in [0.25, 0.3) is 0 Å². The number of benzene rings is 2. The Morgan fingerprint density at radius 3 is 1.89 bits per heavy atom. The topological polar surface area (TPSA) is 46.2 Å². The maximum atomic E-state index is 13.4. The first-order valence-electron chi connectivity index (χ1n) is 5.13. The number of para-hydroxylation sites is 1. The molecule has 2 aromatic carbocycles. The summed E-state index contributed by atoms with van der Waals surface area (Å²) in [6.45, 7) is 0. The molecule has 0 heterocycles. The van der Waals surface area contributed by atoms with Gasteiger partial charge in [-0.1, -0.05) is 18.2 Å². The highest BCUT2D eigenvalue weighted by Crippen LogP contribution is 2.22.